The maximum absolute atomic E-state index is 13.0. The van der Waals surface area contributed by atoms with Gasteiger partial charge in [-0.15, -0.1) is 0 Å². The fourth-order valence-corrected chi connectivity index (χ4v) is 2.62. The van der Waals surface area contributed by atoms with Crippen molar-refractivity contribution < 1.29 is 9.18 Å². The Kier molecular flexibility index (Phi) is 3.04. The maximum Gasteiger partial charge on any atom is 0.274 e. The molecule has 1 aromatic carbocycles. The number of hydrogen-bond donors (Lipinski definition) is 0. The van der Waals surface area contributed by atoms with Gasteiger partial charge in [-0.2, -0.15) is 5.10 Å². The fourth-order valence-electron chi connectivity index (χ4n) is 2.62. The molecular weight excluding hydrogens is 257 g/mol. The predicted octanol–water partition coefficient (Wildman–Crippen LogP) is 2.20. The average molecular weight is 273 g/mol. The van der Waals surface area contributed by atoms with Crippen molar-refractivity contribution in [3.63, 3.8) is 0 Å². The van der Waals surface area contributed by atoms with Gasteiger partial charge < -0.3 is 4.90 Å². The standard InChI is InChI=1S/C15H16FN3O/c1-18(2)15(20)14-12-4-3-5-13(12)19(17-14)11-8-6-10(16)7-9-11/h6-9H,3-5H2,1-2H3. The van der Waals surface area contributed by atoms with Crippen LogP contribution in [-0.2, 0) is 12.8 Å². The number of carbonyl (C=O) groups excluding carboxylic acids is 1. The molecule has 1 heterocycles. The molecule has 0 unspecified atom stereocenters. The summed E-state index contributed by atoms with van der Waals surface area (Å²) in [7, 11) is 3.45. The summed E-state index contributed by atoms with van der Waals surface area (Å²) in [6, 6.07) is 6.19. The third kappa shape index (κ3) is 1.99. The highest BCUT2D eigenvalue weighted by Crippen LogP contribution is 2.28. The summed E-state index contributed by atoms with van der Waals surface area (Å²) in [5.74, 6) is -0.355. The summed E-state index contributed by atoms with van der Waals surface area (Å²) in [6.45, 7) is 0. The summed E-state index contributed by atoms with van der Waals surface area (Å²) in [5, 5.41) is 4.46. The zero-order chi connectivity index (χ0) is 14.3. The van der Waals surface area contributed by atoms with Gasteiger partial charge in [0.1, 0.15) is 5.82 Å². The third-order valence-electron chi connectivity index (χ3n) is 3.61. The first-order valence-corrected chi connectivity index (χ1v) is 6.66. The molecule has 4 nitrogen and oxygen atoms in total. The highest BCUT2D eigenvalue weighted by molar-refractivity contribution is 5.94. The minimum atomic E-state index is -0.276. The molecule has 0 aliphatic heterocycles. The Labute approximate surface area is 116 Å². The van der Waals surface area contributed by atoms with Gasteiger partial charge in [0, 0.05) is 25.4 Å². The lowest BCUT2D eigenvalue weighted by molar-refractivity contribution is 0.0820. The predicted molar refractivity (Wildman–Crippen MR) is 73.6 cm³/mol. The van der Waals surface area contributed by atoms with Gasteiger partial charge in [-0.3, -0.25) is 4.79 Å². The molecule has 0 saturated carbocycles. The summed E-state index contributed by atoms with van der Waals surface area (Å²) in [5.41, 5.74) is 3.42. The first kappa shape index (κ1) is 12.8. The van der Waals surface area contributed by atoms with Crippen LogP contribution in [0.1, 0.15) is 28.2 Å². The molecule has 0 saturated heterocycles. The van der Waals surface area contributed by atoms with Crippen LogP contribution in [0.15, 0.2) is 24.3 Å². The molecule has 3 rings (SSSR count). The topological polar surface area (TPSA) is 38.1 Å². The van der Waals surface area contributed by atoms with Crippen molar-refractivity contribution in [1.29, 1.82) is 0 Å². The molecule has 0 spiro atoms. The molecule has 1 amide bonds. The van der Waals surface area contributed by atoms with Crippen molar-refractivity contribution in [2.75, 3.05) is 14.1 Å². The molecule has 1 aromatic heterocycles. The Morgan fingerprint density at radius 1 is 1.25 bits per heavy atom. The molecule has 104 valence electrons. The number of nitrogens with zero attached hydrogens (tertiary/aromatic N) is 3. The van der Waals surface area contributed by atoms with E-state index in [9.17, 15) is 9.18 Å². The number of halogens is 1. The van der Waals surface area contributed by atoms with Crippen LogP contribution in [-0.4, -0.2) is 34.7 Å². The minimum Gasteiger partial charge on any atom is -0.343 e. The van der Waals surface area contributed by atoms with Crippen LogP contribution < -0.4 is 0 Å². The summed E-state index contributed by atoms with van der Waals surface area (Å²) in [6.07, 6.45) is 2.81. The normalized spacial score (nSPS) is 13.3. The Bertz CT molecular complexity index is 659. The van der Waals surface area contributed by atoms with E-state index in [4.69, 9.17) is 0 Å². The van der Waals surface area contributed by atoms with Crippen LogP contribution in [0.3, 0.4) is 0 Å². The quantitative estimate of drug-likeness (QED) is 0.841. The van der Waals surface area contributed by atoms with Crippen LogP contribution in [0.25, 0.3) is 5.69 Å². The van der Waals surface area contributed by atoms with Gasteiger partial charge in [0.15, 0.2) is 5.69 Å². The van der Waals surface area contributed by atoms with Crippen LogP contribution in [0.2, 0.25) is 0 Å². The Balaban J connectivity index is 2.11. The van der Waals surface area contributed by atoms with Crippen molar-refractivity contribution in [2.45, 2.75) is 19.3 Å². The van der Waals surface area contributed by atoms with E-state index in [0.717, 1.165) is 36.2 Å². The van der Waals surface area contributed by atoms with E-state index in [1.165, 1.54) is 17.0 Å². The summed E-state index contributed by atoms with van der Waals surface area (Å²) in [4.78, 5) is 13.7. The lowest BCUT2D eigenvalue weighted by Gasteiger charge is -2.08. The van der Waals surface area contributed by atoms with Gasteiger partial charge in [-0.05, 0) is 43.5 Å². The molecule has 0 N–H and O–H groups in total. The molecule has 0 atom stereocenters. The molecule has 0 radical (unpaired) electrons. The second kappa shape index (κ2) is 4.74. The highest BCUT2D eigenvalue weighted by Gasteiger charge is 2.27. The lowest BCUT2D eigenvalue weighted by atomic mass is 10.2. The number of fused-ring (bicyclic) bond motifs is 1. The van der Waals surface area contributed by atoms with Crippen molar-refractivity contribution in [1.82, 2.24) is 14.7 Å². The first-order chi connectivity index (χ1) is 9.58. The molecule has 1 aliphatic rings. The van der Waals surface area contributed by atoms with E-state index in [0.29, 0.717) is 5.69 Å². The van der Waals surface area contributed by atoms with Crippen molar-refractivity contribution in [2.24, 2.45) is 0 Å². The average Bonchev–Trinajstić information content (AvgIpc) is 3.00. The van der Waals surface area contributed by atoms with Gasteiger partial charge in [0.2, 0.25) is 0 Å². The Hall–Kier alpha value is -2.17. The number of benzene rings is 1. The lowest BCUT2D eigenvalue weighted by Crippen LogP contribution is -2.23. The van der Waals surface area contributed by atoms with E-state index in [1.807, 2.05) is 0 Å². The van der Waals surface area contributed by atoms with Gasteiger partial charge in [-0.25, -0.2) is 9.07 Å². The van der Waals surface area contributed by atoms with Crippen molar-refractivity contribution >= 4 is 5.91 Å². The number of hydrogen-bond acceptors (Lipinski definition) is 2. The van der Waals surface area contributed by atoms with Crippen LogP contribution >= 0.6 is 0 Å². The van der Waals surface area contributed by atoms with Gasteiger partial charge in [0.25, 0.3) is 5.91 Å². The number of amides is 1. The highest BCUT2D eigenvalue weighted by atomic mass is 19.1. The van der Waals surface area contributed by atoms with E-state index in [1.54, 1.807) is 30.9 Å². The maximum atomic E-state index is 13.0. The van der Waals surface area contributed by atoms with Crippen molar-refractivity contribution in [3.8, 4) is 5.69 Å². The summed E-state index contributed by atoms with van der Waals surface area (Å²) >= 11 is 0. The van der Waals surface area contributed by atoms with Gasteiger partial charge in [0.05, 0.1) is 5.69 Å². The number of rotatable bonds is 2. The second-order valence-electron chi connectivity index (χ2n) is 5.22. The number of aromatic nitrogens is 2. The zero-order valence-electron chi connectivity index (χ0n) is 11.6. The Morgan fingerprint density at radius 3 is 2.60 bits per heavy atom. The molecule has 2 aromatic rings. The van der Waals surface area contributed by atoms with Crippen molar-refractivity contribution in [3.05, 3.63) is 47.0 Å². The van der Waals surface area contributed by atoms with Gasteiger partial charge in [-0.1, -0.05) is 0 Å². The van der Waals surface area contributed by atoms with Gasteiger partial charge >= 0.3 is 0 Å². The minimum absolute atomic E-state index is 0.0796. The van der Waals surface area contributed by atoms with Crippen LogP contribution in [0, 0.1) is 5.82 Å². The molecular formula is C15H16FN3O. The van der Waals surface area contributed by atoms with E-state index in [-0.39, 0.29) is 11.7 Å². The van der Waals surface area contributed by atoms with E-state index < -0.39 is 0 Å². The fraction of sp³-hybridized carbons (Fsp3) is 0.333. The van der Waals surface area contributed by atoms with Crippen LogP contribution in [0.4, 0.5) is 4.39 Å². The van der Waals surface area contributed by atoms with E-state index >= 15 is 0 Å². The second-order valence-corrected chi connectivity index (χ2v) is 5.22. The third-order valence-corrected chi connectivity index (χ3v) is 3.61. The molecule has 1 aliphatic carbocycles. The molecule has 5 heteroatoms. The Morgan fingerprint density at radius 2 is 1.95 bits per heavy atom. The van der Waals surface area contributed by atoms with E-state index in [2.05, 4.69) is 5.10 Å². The zero-order valence-corrected chi connectivity index (χ0v) is 11.6. The monoisotopic (exact) mass is 273 g/mol. The van der Waals surface area contributed by atoms with Crippen LogP contribution in [0.5, 0.6) is 0 Å². The molecule has 0 bridgehead atoms. The first-order valence-electron chi connectivity index (χ1n) is 6.66. The molecule has 20 heavy (non-hydrogen) atoms. The molecule has 0 fully saturated rings. The number of carbonyl (C=O) groups is 1. The largest absolute Gasteiger partial charge is 0.343 e. The smallest absolute Gasteiger partial charge is 0.274 e. The SMILES string of the molecule is CN(C)C(=O)c1nn(-c2ccc(F)cc2)c2c1CCC2. The summed E-state index contributed by atoms with van der Waals surface area (Å²) < 4.78 is 14.8.